The molecule has 0 fully saturated rings. The van der Waals surface area contributed by atoms with Crippen molar-refractivity contribution in [2.24, 2.45) is 0 Å². The molecule has 0 bridgehead atoms. The van der Waals surface area contributed by atoms with E-state index in [9.17, 15) is 13.2 Å². The van der Waals surface area contributed by atoms with Crippen molar-refractivity contribution in [3.63, 3.8) is 0 Å². The molecule has 2 heterocycles. The van der Waals surface area contributed by atoms with E-state index in [0.29, 0.717) is 0 Å². The minimum atomic E-state index is -3.86. The van der Waals surface area contributed by atoms with E-state index in [2.05, 4.69) is 14.3 Å². The molecule has 0 aromatic carbocycles. The summed E-state index contributed by atoms with van der Waals surface area (Å²) in [7, 11) is -3.86. The summed E-state index contributed by atoms with van der Waals surface area (Å²) in [6.07, 6.45) is 2.57. The van der Waals surface area contributed by atoms with E-state index in [1.165, 1.54) is 17.0 Å². The summed E-state index contributed by atoms with van der Waals surface area (Å²) in [4.78, 5) is 11.0. The van der Waals surface area contributed by atoms with Crippen LogP contribution in [0.3, 0.4) is 0 Å². The topological polar surface area (TPSA) is 114 Å². The Hall–Kier alpha value is -1.94. The first-order chi connectivity index (χ1) is 9.31. The van der Waals surface area contributed by atoms with Gasteiger partial charge in [-0.3, -0.25) is 4.72 Å². The number of hydrogen-bond donors (Lipinski definition) is 2. The van der Waals surface area contributed by atoms with Crippen molar-refractivity contribution in [3.05, 3.63) is 24.2 Å². The number of nitrogens with zero attached hydrogens (tertiary/aromatic N) is 3. The standard InChI is InChI=1S/C10H12N4O4S2/c1-6(2)14-5-7(3-8(14)10(15)16)20(17,18)12-9-4-11-13-19-9/h3-6,12H,1-2H3,(H,15,16). The first-order valence-corrected chi connectivity index (χ1v) is 7.82. The lowest BCUT2D eigenvalue weighted by Crippen LogP contribution is -2.11. The van der Waals surface area contributed by atoms with Crippen LogP contribution in [0.4, 0.5) is 5.00 Å². The summed E-state index contributed by atoms with van der Waals surface area (Å²) >= 11 is 0.894. The second-order valence-electron chi connectivity index (χ2n) is 4.25. The summed E-state index contributed by atoms with van der Waals surface area (Å²) in [5.41, 5.74) is -0.0807. The summed E-state index contributed by atoms with van der Waals surface area (Å²) < 4.78 is 31.5. The molecule has 0 aliphatic heterocycles. The van der Waals surface area contributed by atoms with Crippen LogP contribution >= 0.6 is 11.5 Å². The Balaban J connectivity index is 2.42. The lowest BCUT2D eigenvalue weighted by molar-refractivity contribution is 0.0683. The molecule has 0 spiro atoms. The van der Waals surface area contributed by atoms with Crippen molar-refractivity contribution in [2.75, 3.05) is 4.72 Å². The molecule has 2 aromatic heterocycles. The highest BCUT2D eigenvalue weighted by molar-refractivity contribution is 7.93. The van der Waals surface area contributed by atoms with Crippen molar-refractivity contribution in [1.29, 1.82) is 0 Å². The normalized spacial score (nSPS) is 11.8. The highest BCUT2D eigenvalue weighted by Crippen LogP contribution is 2.22. The van der Waals surface area contributed by atoms with Crippen LogP contribution in [-0.4, -0.2) is 33.6 Å². The minimum absolute atomic E-state index is 0.0807. The number of nitrogens with one attached hydrogen (secondary N) is 1. The van der Waals surface area contributed by atoms with Gasteiger partial charge < -0.3 is 9.67 Å². The number of carboxylic acids is 1. The third kappa shape index (κ3) is 2.80. The van der Waals surface area contributed by atoms with Gasteiger partial charge in [-0.05, 0) is 19.9 Å². The Morgan fingerprint density at radius 3 is 2.65 bits per heavy atom. The molecule has 0 saturated heterocycles. The zero-order chi connectivity index (χ0) is 14.9. The number of aromatic carboxylic acids is 1. The Bertz CT molecular complexity index is 719. The molecular formula is C10H12N4O4S2. The Kier molecular flexibility index (Phi) is 3.77. The van der Waals surface area contributed by atoms with Crippen LogP contribution in [0, 0.1) is 0 Å². The smallest absolute Gasteiger partial charge is 0.352 e. The fourth-order valence-electron chi connectivity index (χ4n) is 1.60. The van der Waals surface area contributed by atoms with Crippen LogP contribution in [0.1, 0.15) is 30.4 Å². The third-order valence-corrected chi connectivity index (χ3v) is 4.55. The van der Waals surface area contributed by atoms with Crippen LogP contribution in [0.5, 0.6) is 0 Å². The van der Waals surface area contributed by atoms with Crippen molar-refractivity contribution in [1.82, 2.24) is 14.2 Å². The molecule has 2 N–H and O–H groups in total. The van der Waals surface area contributed by atoms with Crippen LogP contribution in [0.25, 0.3) is 0 Å². The van der Waals surface area contributed by atoms with Gasteiger partial charge in [-0.25, -0.2) is 13.2 Å². The van der Waals surface area contributed by atoms with Gasteiger partial charge in [0.1, 0.15) is 15.6 Å². The van der Waals surface area contributed by atoms with Gasteiger partial charge in [-0.1, -0.05) is 4.49 Å². The summed E-state index contributed by atoms with van der Waals surface area (Å²) in [6.45, 7) is 3.53. The average Bonchev–Trinajstić information content (AvgIpc) is 2.95. The number of hydrogen-bond acceptors (Lipinski definition) is 6. The molecule has 0 atom stereocenters. The second kappa shape index (κ2) is 5.21. The van der Waals surface area contributed by atoms with Gasteiger partial charge >= 0.3 is 5.97 Å². The molecule has 0 aliphatic carbocycles. The van der Waals surface area contributed by atoms with Crippen LogP contribution < -0.4 is 4.72 Å². The molecule has 0 aliphatic rings. The average molecular weight is 316 g/mol. The molecule has 8 nitrogen and oxygen atoms in total. The molecule has 10 heteroatoms. The molecule has 2 rings (SSSR count). The summed E-state index contributed by atoms with van der Waals surface area (Å²) in [6, 6.07) is 0.953. The van der Waals surface area contributed by atoms with E-state index in [1.807, 2.05) is 0 Å². The SMILES string of the molecule is CC(C)n1cc(S(=O)(=O)Nc2cnns2)cc1C(=O)O. The number of aromatic nitrogens is 3. The fourth-order valence-corrected chi connectivity index (χ4v) is 3.31. The molecule has 0 unspecified atom stereocenters. The Labute approximate surface area is 119 Å². The number of carboxylic acid groups (broad SMARTS) is 1. The second-order valence-corrected chi connectivity index (χ2v) is 6.72. The lowest BCUT2D eigenvalue weighted by Gasteiger charge is -2.09. The van der Waals surface area contributed by atoms with Crippen LogP contribution in [0.15, 0.2) is 23.4 Å². The first-order valence-electron chi connectivity index (χ1n) is 5.56. The Morgan fingerprint density at radius 1 is 1.50 bits per heavy atom. The maximum absolute atomic E-state index is 12.1. The van der Waals surface area contributed by atoms with Crippen LogP contribution in [0.2, 0.25) is 0 Å². The van der Waals surface area contributed by atoms with E-state index in [1.54, 1.807) is 13.8 Å². The number of rotatable bonds is 5. The Morgan fingerprint density at radius 2 is 2.20 bits per heavy atom. The highest BCUT2D eigenvalue weighted by atomic mass is 32.2. The molecule has 20 heavy (non-hydrogen) atoms. The van der Waals surface area contributed by atoms with Crippen LogP contribution in [-0.2, 0) is 10.0 Å². The van der Waals surface area contributed by atoms with Gasteiger partial charge in [0.2, 0.25) is 0 Å². The van der Waals surface area contributed by atoms with Gasteiger partial charge in [0, 0.05) is 23.8 Å². The monoisotopic (exact) mass is 316 g/mol. The van der Waals surface area contributed by atoms with E-state index in [0.717, 1.165) is 17.6 Å². The van der Waals surface area contributed by atoms with Gasteiger partial charge in [0.15, 0.2) is 0 Å². The van der Waals surface area contributed by atoms with Gasteiger partial charge in [-0.2, -0.15) is 0 Å². The predicted molar refractivity (Wildman–Crippen MR) is 72.5 cm³/mol. The maximum atomic E-state index is 12.1. The predicted octanol–water partition coefficient (Wildman–Crippen LogP) is 1.42. The van der Waals surface area contributed by atoms with Crippen molar-refractivity contribution >= 4 is 32.5 Å². The molecule has 2 aromatic rings. The number of carbonyl (C=O) groups is 1. The number of sulfonamides is 1. The van der Waals surface area contributed by atoms with Gasteiger partial charge in [-0.15, -0.1) is 5.10 Å². The largest absolute Gasteiger partial charge is 0.477 e. The maximum Gasteiger partial charge on any atom is 0.352 e. The summed E-state index contributed by atoms with van der Waals surface area (Å²) in [5.74, 6) is -1.18. The first kappa shape index (κ1) is 14.5. The third-order valence-electron chi connectivity index (χ3n) is 2.51. The molecular weight excluding hydrogens is 304 g/mol. The van der Waals surface area contributed by atoms with E-state index >= 15 is 0 Å². The molecule has 0 amide bonds. The fraction of sp³-hybridized carbons (Fsp3) is 0.300. The molecule has 108 valence electrons. The minimum Gasteiger partial charge on any atom is -0.477 e. The van der Waals surface area contributed by atoms with Crippen molar-refractivity contribution in [3.8, 4) is 0 Å². The van der Waals surface area contributed by atoms with Crippen molar-refractivity contribution in [2.45, 2.75) is 24.8 Å². The van der Waals surface area contributed by atoms with Gasteiger partial charge in [0.25, 0.3) is 10.0 Å². The zero-order valence-corrected chi connectivity index (χ0v) is 12.3. The van der Waals surface area contributed by atoms with E-state index < -0.39 is 16.0 Å². The number of anilines is 1. The molecule has 0 saturated carbocycles. The van der Waals surface area contributed by atoms with E-state index in [4.69, 9.17) is 5.11 Å². The highest BCUT2D eigenvalue weighted by Gasteiger charge is 2.23. The summed E-state index contributed by atoms with van der Waals surface area (Å²) in [5, 5.41) is 12.9. The quantitative estimate of drug-likeness (QED) is 0.862. The van der Waals surface area contributed by atoms with E-state index in [-0.39, 0.29) is 21.6 Å². The lowest BCUT2D eigenvalue weighted by atomic mass is 10.3. The molecule has 0 radical (unpaired) electrons. The zero-order valence-electron chi connectivity index (χ0n) is 10.6. The van der Waals surface area contributed by atoms with Gasteiger partial charge in [0.05, 0.1) is 6.20 Å². The van der Waals surface area contributed by atoms with Crippen molar-refractivity contribution < 1.29 is 18.3 Å².